The molecule has 0 amide bonds. The Morgan fingerprint density at radius 1 is 1.33 bits per heavy atom. The number of nitrogens with zero attached hydrogens (tertiary/aromatic N) is 2. The molecule has 21 heavy (non-hydrogen) atoms. The predicted octanol–water partition coefficient (Wildman–Crippen LogP) is 1.89. The first-order valence-electron chi connectivity index (χ1n) is 5.91. The third-order valence-electron chi connectivity index (χ3n) is 2.62. The Balaban J connectivity index is 2.16. The Bertz CT molecular complexity index is 579. The quantitative estimate of drug-likeness (QED) is 0.878. The lowest BCUT2D eigenvalue weighted by molar-refractivity contribution is -0.274. The van der Waals surface area contributed by atoms with Crippen LogP contribution in [0.15, 0.2) is 28.8 Å². The van der Waals surface area contributed by atoms with E-state index >= 15 is 0 Å². The molecule has 0 aliphatic heterocycles. The van der Waals surface area contributed by atoms with Crippen LogP contribution in [0.25, 0.3) is 11.4 Å². The van der Waals surface area contributed by atoms with Gasteiger partial charge in [-0.1, -0.05) is 5.16 Å². The van der Waals surface area contributed by atoms with Crippen LogP contribution in [0, 0.1) is 0 Å². The molecule has 1 aromatic carbocycles. The lowest BCUT2D eigenvalue weighted by Gasteiger charge is -2.08. The molecule has 2 rings (SSSR count). The molecule has 2 N–H and O–H groups in total. The average Bonchev–Trinajstić information content (AvgIpc) is 2.89. The molecule has 1 atom stereocenters. The summed E-state index contributed by atoms with van der Waals surface area (Å²) in [6.07, 6.45) is -4.73. The van der Waals surface area contributed by atoms with Crippen LogP contribution in [-0.4, -0.2) is 35.3 Å². The summed E-state index contributed by atoms with van der Waals surface area (Å²) in [5.41, 5.74) is 0.465. The van der Waals surface area contributed by atoms with E-state index in [1.54, 1.807) is 7.05 Å². The smallest absolute Gasteiger partial charge is 0.406 e. The van der Waals surface area contributed by atoms with E-state index in [4.69, 9.17) is 9.63 Å². The average molecular weight is 303 g/mol. The molecule has 0 aliphatic rings. The Morgan fingerprint density at radius 3 is 2.52 bits per heavy atom. The minimum atomic E-state index is -4.73. The van der Waals surface area contributed by atoms with Gasteiger partial charge in [0.2, 0.25) is 11.7 Å². The number of hydrogen-bond donors (Lipinski definition) is 2. The van der Waals surface area contributed by atoms with E-state index in [1.165, 1.54) is 12.1 Å². The molecule has 1 heterocycles. The van der Waals surface area contributed by atoms with Crippen LogP contribution < -0.4 is 10.1 Å². The van der Waals surface area contributed by atoms with Crippen molar-refractivity contribution in [3.05, 3.63) is 30.2 Å². The predicted molar refractivity (Wildman–Crippen MR) is 65.3 cm³/mol. The molecule has 0 unspecified atom stereocenters. The van der Waals surface area contributed by atoms with Gasteiger partial charge in [0.15, 0.2) is 0 Å². The second-order valence-electron chi connectivity index (χ2n) is 4.05. The van der Waals surface area contributed by atoms with Crippen LogP contribution in [-0.2, 0) is 0 Å². The zero-order valence-electron chi connectivity index (χ0n) is 10.9. The van der Waals surface area contributed by atoms with E-state index in [2.05, 4.69) is 20.2 Å². The Kier molecular flexibility index (Phi) is 4.43. The number of aliphatic hydroxyl groups is 1. The maximum atomic E-state index is 12.0. The molecule has 1 aromatic heterocycles. The van der Waals surface area contributed by atoms with Crippen LogP contribution in [0.5, 0.6) is 5.75 Å². The fourth-order valence-corrected chi connectivity index (χ4v) is 1.59. The molecule has 0 saturated carbocycles. The fraction of sp³-hybridized carbons (Fsp3) is 0.333. The summed E-state index contributed by atoms with van der Waals surface area (Å²) in [5.74, 6) is 0.0568. The summed E-state index contributed by atoms with van der Waals surface area (Å²) >= 11 is 0. The van der Waals surface area contributed by atoms with Crippen molar-refractivity contribution in [1.29, 1.82) is 0 Å². The van der Waals surface area contributed by atoms with Gasteiger partial charge in [-0.15, -0.1) is 13.2 Å². The number of nitrogens with one attached hydrogen (secondary N) is 1. The van der Waals surface area contributed by atoms with Crippen LogP contribution >= 0.6 is 0 Å². The second kappa shape index (κ2) is 6.10. The zero-order chi connectivity index (χ0) is 15.5. The number of aromatic nitrogens is 2. The summed E-state index contributed by atoms with van der Waals surface area (Å²) in [4.78, 5) is 4.06. The number of ether oxygens (including phenoxy) is 1. The normalized spacial score (nSPS) is 13.2. The van der Waals surface area contributed by atoms with Crippen molar-refractivity contribution in [2.45, 2.75) is 12.4 Å². The van der Waals surface area contributed by atoms with Crippen LogP contribution in [0.3, 0.4) is 0 Å². The lowest BCUT2D eigenvalue weighted by Crippen LogP contribution is -2.20. The van der Waals surface area contributed by atoms with Crippen molar-refractivity contribution >= 4 is 0 Å². The Labute approximate surface area is 117 Å². The standard InChI is InChI=1S/C12H12F3N3O3/c1-16-9(6-19)11-17-10(18-21-11)7-2-4-8(5-3-7)20-12(13,14)15/h2-5,9,16,19H,6H2,1H3/t9-/m0/s1. The highest BCUT2D eigenvalue weighted by Crippen LogP contribution is 2.25. The monoisotopic (exact) mass is 303 g/mol. The van der Waals surface area contributed by atoms with E-state index in [0.29, 0.717) is 5.56 Å². The van der Waals surface area contributed by atoms with E-state index < -0.39 is 12.4 Å². The molecule has 114 valence electrons. The maximum Gasteiger partial charge on any atom is 0.573 e. The molecule has 2 aromatic rings. The number of aliphatic hydroxyl groups excluding tert-OH is 1. The number of alkyl halides is 3. The molecule has 9 heteroatoms. The van der Waals surface area contributed by atoms with Gasteiger partial charge in [0.1, 0.15) is 11.8 Å². The SMILES string of the molecule is CN[C@@H](CO)c1nc(-c2ccc(OC(F)(F)F)cc2)no1. The third-order valence-corrected chi connectivity index (χ3v) is 2.62. The van der Waals surface area contributed by atoms with Crippen molar-refractivity contribution in [1.82, 2.24) is 15.5 Å². The van der Waals surface area contributed by atoms with E-state index in [1.807, 2.05) is 0 Å². The molecule has 0 bridgehead atoms. The van der Waals surface area contributed by atoms with Gasteiger partial charge in [-0.3, -0.25) is 0 Å². The second-order valence-corrected chi connectivity index (χ2v) is 4.05. The highest BCUT2D eigenvalue weighted by Gasteiger charge is 2.31. The summed E-state index contributed by atoms with van der Waals surface area (Å²) < 4.78 is 44.9. The summed E-state index contributed by atoms with van der Waals surface area (Å²) in [7, 11) is 1.62. The van der Waals surface area contributed by atoms with Crippen LogP contribution in [0.1, 0.15) is 11.9 Å². The van der Waals surface area contributed by atoms with Gasteiger partial charge < -0.3 is 19.7 Å². The number of likely N-dealkylation sites (N-methyl/N-ethyl adjacent to an activating group) is 1. The first-order chi connectivity index (χ1) is 9.93. The fourth-order valence-electron chi connectivity index (χ4n) is 1.59. The van der Waals surface area contributed by atoms with Gasteiger partial charge >= 0.3 is 6.36 Å². The third kappa shape index (κ3) is 3.92. The molecular formula is C12H12F3N3O3. The first kappa shape index (κ1) is 15.3. The molecule has 0 aliphatic carbocycles. The van der Waals surface area contributed by atoms with Gasteiger partial charge in [-0.25, -0.2) is 0 Å². The number of benzene rings is 1. The first-order valence-corrected chi connectivity index (χ1v) is 5.91. The maximum absolute atomic E-state index is 12.0. The Morgan fingerprint density at radius 2 is 2.00 bits per heavy atom. The van der Waals surface area contributed by atoms with Crippen molar-refractivity contribution in [2.24, 2.45) is 0 Å². The highest BCUT2D eigenvalue weighted by atomic mass is 19.4. The lowest BCUT2D eigenvalue weighted by atomic mass is 10.2. The summed E-state index contributed by atoms with van der Waals surface area (Å²) in [6, 6.07) is 4.56. The Hall–Kier alpha value is -2.13. The van der Waals surface area contributed by atoms with Crippen molar-refractivity contribution in [3.8, 4) is 17.1 Å². The molecule has 0 radical (unpaired) electrons. The largest absolute Gasteiger partial charge is 0.573 e. The molecule has 0 saturated heterocycles. The van der Waals surface area contributed by atoms with Gasteiger partial charge in [0, 0.05) is 5.56 Å². The summed E-state index contributed by atoms with van der Waals surface area (Å²) in [5, 5.41) is 15.6. The van der Waals surface area contributed by atoms with E-state index in [9.17, 15) is 13.2 Å². The highest BCUT2D eigenvalue weighted by molar-refractivity contribution is 5.55. The van der Waals surface area contributed by atoms with Gasteiger partial charge in [0.05, 0.1) is 6.61 Å². The summed E-state index contributed by atoms with van der Waals surface area (Å²) in [6.45, 7) is -0.226. The van der Waals surface area contributed by atoms with Gasteiger partial charge in [-0.2, -0.15) is 4.98 Å². The van der Waals surface area contributed by atoms with Crippen LogP contribution in [0.4, 0.5) is 13.2 Å². The topological polar surface area (TPSA) is 80.4 Å². The number of rotatable bonds is 5. The number of hydrogen-bond acceptors (Lipinski definition) is 6. The van der Waals surface area contributed by atoms with Crippen molar-refractivity contribution < 1.29 is 27.5 Å². The molecule has 6 nitrogen and oxygen atoms in total. The van der Waals surface area contributed by atoms with E-state index in [-0.39, 0.29) is 24.1 Å². The van der Waals surface area contributed by atoms with Crippen LogP contribution in [0.2, 0.25) is 0 Å². The molecule has 0 spiro atoms. The molecule has 0 fully saturated rings. The van der Waals surface area contributed by atoms with Crippen molar-refractivity contribution in [2.75, 3.05) is 13.7 Å². The van der Waals surface area contributed by atoms with Gasteiger partial charge in [-0.05, 0) is 31.3 Å². The minimum Gasteiger partial charge on any atom is -0.406 e. The molecular weight excluding hydrogens is 291 g/mol. The number of halogens is 3. The van der Waals surface area contributed by atoms with E-state index in [0.717, 1.165) is 12.1 Å². The van der Waals surface area contributed by atoms with Crippen molar-refractivity contribution in [3.63, 3.8) is 0 Å². The van der Waals surface area contributed by atoms with Gasteiger partial charge in [0.25, 0.3) is 0 Å². The minimum absolute atomic E-state index is 0.186. The zero-order valence-corrected chi connectivity index (χ0v) is 10.9.